The third-order valence-electron chi connectivity index (χ3n) is 3.70. The van der Waals surface area contributed by atoms with Gasteiger partial charge in [0.15, 0.2) is 0 Å². The summed E-state index contributed by atoms with van der Waals surface area (Å²) in [6, 6.07) is 4.13. The molecule has 1 aliphatic heterocycles. The molecule has 1 saturated heterocycles. The lowest BCUT2D eigenvalue weighted by atomic mass is 9.91. The van der Waals surface area contributed by atoms with Crippen molar-refractivity contribution in [3.63, 3.8) is 0 Å². The van der Waals surface area contributed by atoms with Crippen LogP contribution >= 0.6 is 11.3 Å². The van der Waals surface area contributed by atoms with Gasteiger partial charge in [0.25, 0.3) is 0 Å². The number of carbonyl (C=O) groups is 1. The van der Waals surface area contributed by atoms with Crippen LogP contribution in [-0.2, 0) is 5.41 Å². The largest absolute Gasteiger partial charge is 0.396 e. The molecule has 1 atom stereocenters. The smallest absolute Gasteiger partial charge is 0.317 e. The van der Waals surface area contributed by atoms with Crippen molar-refractivity contribution in [3.05, 3.63) is 22.4 Å². The summed E-state index contributed by atoms with van der Waals surface area (Å²) >= 11 is 1.72. The lowest BCUT2D eigenvalue weighted by Gasteiger charge is -2.25. The van der Waals surface area contributed by atoms with Gasteiger partial charge in [0.2, 0.25) is 0 Å². The van der Waals surface area contributed by atoms with E-state index in [1.807, 2.05) is 6.07 Å². The van der Waals surface area contributed by atoms with Crippen LogP contribution in [-0.4, -0.2) is 42.3 Å². The van der Waals surface area contributed by atoms with Crippen LogP contribution in [0.5, 0.6) is 0 Å². The maximum Gasteiger partial charge on any atom is 0.317 e. The molecule has 1 fully saturated rings. The van der Waals surface area contributed by atoms with Gasteiger partial charge in [-0.3, -0.25) is 0 Å². The van der Waals surface area contributed by atoms with E-state index >= 15 is 0 Å². The second-order valence-corrected chi connectivity index (χ2v) is 6.75. The van der Waals surface area contributed by atoms with Crippen LogP contribution in [0.1, 0.15) is 25.1 Å². The van der Waals surface area contributed by atoms with E-state index in [-0.39, 0.29) is 24.0 Å². The first kappa shape index (κ1) is 14.3. The Morgan fingerprint density at radius 1 is 1.63 bits per heavy atom. The highest BCUT2D eigenvalue weighted by atomic mass is 32.1. The highest BCUT2D eigenvalue weighted by Crippen LogP contribution is 2.26. The Balaban J connectivity index is 1.84. The van der Waals surface area contributed by atoms with Crippen molar-refractivity contribution in [1.82, 2.24) is 10.2 Å². The number of amides is 2. The summed E-state index contributed by atoms with van der Waals surface area (Å²) in [5.41, 5.74) is -0.0417. The summed E-state index contributed by atoms with van der Waals surface area (Å²) in [4.78, 5) is 15.1. The molecule has 1 aromatic heterocycles. The van der Waals surface area contributed by atoms with Crippen LogP contribution in [0.15, 0.2) is 17.5 Å². The van der Waals surface area contributed by atoms with Crippen LogP contribution < -0.4 is 5.32 Å². The van der Waals surface area contributed by atoms with Gasteiger partial charge in [-0.05, 0) is 17.9 Å². The van der Waals surface area contributed by atoms with E-state index in [9.17, 15) is 4.79 Å². The number of hydrogen-bond acceptors (Lipinski definition) is 3. The van der Waals surface area contributed by atoms with Gasteiger partial charge in [-0.25, -0.2) is 4.79 Å². The van der Waals surface area contributed by atoms with E-state index in [1.54, 1.807) is 16.2 Å². The molecule has 2 rings (SSSR count). The second-order valence-electron chi connectivity index (χ2n) is 5.80. The van der Waals surface area contributed by atoms with Crippen molar-refractivity contribution in [2.45, 2.75) is 25.7 Å². The van der Waals surface area contributed by atoms with Crippen LogP contribution in [0.2, 0.25) is 0 Å². The molecular weight excluding hydrogens is 260 g/mol. The summed E-state index contributed by atoms with van der Waals surface area (Å²) in [6.07, 6.45) is 0.901. The minimum absolute atomic E-state index is 0.0134. The number of nitrogens with zero attached hydrogens (tertiary/aromatic N) is 1. The highest BCUT2D eigenvalue weighted by Gasteiger charge is 2.28. The molecule has 0 spiro atoms. The van der Waals surface area contributed by atoms with Crippen LogP contribution in [0.4, 0.5) is 4.79 Å². The lowest BCUT2D eigenvalue weighted by molar-refractivity contribution is 0.196. The SMILES string of the molecule is CC(C)(CNC(=O)N1CCC(CO)C1)c1cccs1. The maximum atomic E-state index is 12.1. The van der Waals surface area contributed by atoms with Crippen molar-refractivity contribution in [2.75, 3.05) is 26.2 Å². The fourth-order valence-electron chi connectivity index (χ4n) is 2.33. The topological polar surface area (TPSA) is 52.6 Å². The first-order valence-corrected chi connectivity index (χ1v) is 7.58. The Morgan fingerprint density at radius 2 is 2.42 bits per heavy atom. The van der Waals surface area contributed by atoms with Crippen LogP contribution in [0, 0.1) is 5.92 Å². The van der Waals surface area contributed by atoms with Crippen molar-refractivity contribution in [1.29, 1.82) is 0 Å². The molecule has 1 aliphatic rings. The number of aliphatic hydroxyl groups is 1. The predicted molar refractivity (Wildman–Crippen MR) is 77.5 cm³/mol. The molecule has 0 bridgehead atoms. The van der Waals surface area contributed by atoms with Gasteiger partial charge >= 0.3 is 6.03 Å². The van der Waals surface area contributed by atoms with E-state index < -0.39 is 0 Å². The fourth-order valence-corrected chi connectivity index (χ4v) is 3.18. The number of aliphatic hydroxyl groups excluding tert-OH is 1. The number of nitrogens with one attached hydrogen (secondary N) is 1. The van der Waals surface area contributed by atoms with Crippen LogP contribution in [0.25, 0.3) is 0 Å². The number of thiophene rings is 1. The predicted octanol–water partition coefficient (Wildman–Crippen LogP) is 2.05. The minimum atomic E-state index is -0.0417. The lowest BCUT2D eigenvalue weighted by Crippen LogP contribution is -2.43. The zero-order valence-corrected chi connectivity index (χ0v) is 12.4. The zero-order valence-electron chi connectivity index (χ0n) is 11.6. The molecule has 2 amide bonds. The van der Waals surface area contributed by atoms with E-state index in [0.29, 0.717) is 13.1 Å². The molecule has 1 unspecified atom stereocenters. The quantitative estimate of drug-likeness (QED) is 0.888. The van der Waals surface area contributed by atoms with E-state index in [0.717, 1.165) is 13.0 Å². The summed E-state index contributed by atoms with van der Waals surface area (Å²) in [6.45, 7) is 6.49. The summed E-state index contributed by atoms with van der Waals surface area (Å²) < 4.78 is 0. The Bertz CT molecular complexity index is 417. The van der Waals surface area contributed by atoms with Gasteiger partial charge < -0.3 is 15.3 Å². The van der Waals surface area contributed by atoms with Gasteiger partial charge in [0, 0.05) is 42.5 Å². The van der Waals surface area contributed by atoms with Crippen LogP contribution in [0.3, 0.4) is 0 Å². The van der Waals surface area contributed by atoms with Gasteiger partial charge in [0.05, 0.1) is 0 Å². The summed E-state index contributed by atoms with van der Waals surface area (Å²) in [5, 5.41) is 14.2. The van der Waals surface area contributed by atoms with Crippen molar-refractivity contribution in [2.24, 2.45) is 5.92 Å². The molecule has 1 aromatic rings. The number of carbonyl (C=O) groups excluding carboxylic acids is 1. The molecule has 4 nitrogen and oxygen atoms in total. The second kappa shape index (κ2) is 5.92. The molecule has 106 valence electrons. The fraction of sp³-hybridized carbons (Fsp3) is 0.643. The van der Waals surface area contributed by atoms with Gasteiger partial charge in [-0.15, -0.1) is 11.3 Å². The van der Waals surface area contributed by atoms with E-state index in [1.165, 1.54) is 4.88 Å². The first-order valence-electron chi connectivity index (χ1n) is 6.70. The molecule has 2 N–H and O–H groups in total. The normalized spacial score (nSPS) is 19.7. The molecule has 0 saturated carbocycles. The molecule has 0 aliphatic carbocycles. The van der Waals surface area contributed by atoms with Crippen molar-refractivity contribution >= 4 is 17.4 Å². The van der Waals surface area contributed by atoms with Gasteiger partial charge in [-0.2, -0.15) is 0 Å². The number of hydrogen-bond donors (Lipinski definition) is 2. The number of rotatable bonds is 4. The monoisotopic (exact) mass is 282 g/mol. The van der Waals surface area contributed by atoms with E-state index in [2.05, 4.69) is 30.6 Å². The third-order valence-corrected chi connectivity index (χ3v) is 4.94. The van der Waals surface area contributed by atoms with Gasteiger partial charge in [-0.1, -0.05) is 19.9 Å². The third kappa shape index (κ3) is 3.48. The van der Waals surface area contributed by atoms with E-state index in [4.69, 9.17) is 5.11 Å². The van der Waals surface area contributed by atoms with Crippen molar-refractivity contribution in [3.8, 4) is 0 Å². The standard InChI is InChI=1S/C14H22N2O2S/c1-14(2,12-4-3-7-19-12)10-15-13(18)16-6-5-11(8-16)9-17/h3-4,7,11,17H,5-6,8-10H2,1-2H3,(H,15,18). The minimum Gasteiger partial charge on any atom is -0.396 e. The molecule has 2 heterocycles. The Kier molecular flexibility index (Phi) is 4.47. The molecule has 5 heteroatoms. The zero-order chi connectivity index (χ0) is 13.9. The van der Waals surface area contributed by atoms with Gasteiger partial charge in [0.1, 0.15) is 0 Å². The summed E-state index contributed by atoms with van der Waals surface area (Å²) in [7, 11) is 0. The summed E-state index contributed by atoms with van der Waals surface area (Å²) in [5.74, 6) is 0.246. The molecule has 0 aromatic carbocycles. The maximum absolute atomic E-state index is 12.1. The number of likely N-dealkylation sites (tertiary alicyclic amines) is 1. The Labute approximate surface area is 118 Å². The highest BCUT2D eigenvalue weighted by molar-refractivity contribution is 7.10. The number of urea groups is 1. The molecule has 0 radical (unpaired) electrons. The molecular formula is C14H22N2O2S. The average molecular weight is 282 g/mol. The van der Waals surface area contributed by atoms with Crippen molar-refractivity contribution < 1.29 is 9.90 Å². The Hall–Kier alpha value is -1.07. The molecule has 19 heavy (non-hydrogen) atoms. The Morgan fingerprint density at radius 3 is 3.00 bits per heavy atom. The first-order chi connectivity index (χ1) is 9.03. The average Bonchev–Trinajstić information content (AvgIpc) is 3.06.